The van der Waals surface area contributed by atoms with Crippen molar-refractivity contribution >= 4 is 33.9 Å². The minimum absolute atomic E-state index is 0.521. The van der Waals surface area contributed by atoms with Gasteiger partial charge in [0, 0.05) is 16.7 Å². The van der Waals surface area contributed by atoms with Crippen LogP contribution in [0.4, 0.5) is 0 Å². The lowest BCUT2D eigenvalue weighted by Crippen LogP contribution is -2.15. The lowest BCUT2D eigenvalue weighted by Gasteiger charge is -2.19. The molecule has 0 aliphatic carbocycles. The highest BCUT2D eigenvalue weighted by Gasteiger charge is 2.20. The Morgan fingerprint density at radius 3 is 2.40 bits per heavy atom. The highest BCUT2D eigenvalue weighted by atomic mass is 35.5. The monoisotopic (exact) mass is 414 g/mol. The quantitative estimate of drug-likeness (QED) is 0.404. The molecular formula is C23H15ClN4O2. The van der Waals surface area contributed by atoms with Gasteiger partial charge in [0.05, 0.1) is 16.7 Å². The summed E-state index contributed by atoms with van der Waals surface area (Å²) in [5, 5.41) is 0.638. The summed E-state index contributed by atoms with van der Waals surface area (Å²) < 4.78 is 13.5. The van der Waals surface area contributed by atoms with E-state index in [4.69, 9.17) is 36.0 Å². The van der Waals surface area contributed by atoms with Crippen molar-refractivity contribution in [3.05, 3.63) is 71.8 Å². The molecule has 0 unspecified atom stereocenters. The number of hydrogen-bond donors (Lipinski definition) is 0. The molecule has 6 rings (SSSR count). The average Bonchev–Trinajstić information content (AvgIpc) is 3.15. The Hall–Kier alpha value is -3.64. The zero-order valence-corrected chi connectivity index (χ0v) is 16.5. The van der Waals surface area contributed by atoms with Gasteiger partial charge in [-0.3, -0.25) is 4.57 Å². The van der Waals surface area contributed by atoms with Crippen LogP contribution in [0.3, 0.4) is 0 Å². The van der Waals surface area contributed by atoms with E-state index < -0.39 is 0 Å². The topological polar surface area (TPSA) is 62.1 Å². The molecule has 146 valence electrons. The molecule has 0 spiro atoms. The largest absolute Gasteiger partial charge is 0.486 e. The van der Waals surface area contributed by atoms with Gasteiger partial charge in [-0.05, 0) is 36.4 Å². The number of benzene rings is 3. The van der Waals surface area contributed by atoms with Crippen molar-refractivity contribution in [2.45, 2.75) is 0 Å². The molecule has 0 radical (unpaired) electrons. The highest BCUT2D eigenvalue weighted by molar-refractivity contribution is 6.30. The van der Waals surface area contributed by atoms with Crippen LogP contribution in [-0.4, -0.2) is 32.7 Å². The van der Waals surface area contributed by atoms with E-state index in [0.717, 1.165) is 28.0 Å². The number of imidazole rings is 1. The number of aromatic nitrogens is 4. The molecule has 3 aromatic carbocycles. The zero-order valence-electron chi connectivity index (χ0n) is 15.7. The number of ether oxygens (including phenoxy) is 2. The van der Waals surface area contributed by atoms with Gasteiger partial charge in [0.25, 0.3) is 0 Å². The fourth-order valence-electron chi connectivity index (χ4n) is 3.69. The van der Waals surface area contributed by atoms with Crippen LogP contribution in [0.2, 0.25) is 5.02 Å². The Bertz CT molecular complexity index is 1430. The third kappa shape index (κ3) is 2.76. The first-order chi connectivity index (χ1) is 14.8. The van der Waals surface area contributed by atoms with E-state index in [2.05, 4.69) is 0 Å². The number of fused-ring (bicyclic) bond motifs is 3. The van der Waals surface area contributed by atoms with Crippen LogP contribution in [0.5, 0.6) is 11.5 Å². The molecule has 0 saturated heterocycles. The summed E-state index contributed by atoms with van der Waals surface area (Å²) in [6.07, 6.45) is 0. The van der Waals surface area contributed by atoms with E-state index in [1.54, 1.807) is 0 Å². The van der Waals surface area contributed by atoms with Gasteiger partial charge in [0.1, 0.15) is 19.0 Å². The number of hydrogen-bond acceptors (Lipinski definition) is 5. The van der Waals surface area contributed by atoms with Gasteiger partial charge in [-0.2, -0.15) is 0 Å². The average molecular weight is 415 g/mol. The van der Waals surface area contributed by atoms with Crippen LogP contribution in [0.25, 0.3) is 39.4 Å². The van der Waals surface area contributed by atoms with Crippen molar-refractivity contribution in [3.63, 3.8) is 0 Å². The third-order valence-corrected chi connectivity index (χ3v) is 5.27. The molecule has 5 aromatic rings. The van der Waals surface area contributed by atoms with Gasteiger partial charge in [0.2, 0.25) is 0 Å². The van der Waals surface area contributed by atoms with Crippen LogP contribution in [0, 0.1) is 0 Å². The second-order valence-electron chi connectivity index (χ2n) is 6.97. The maximum atomic E-state index is 6.27. The van der Waals surface area contributed by atoms with Crippen LogP contribution < -0.4 is 9.47 Å². The number of halogens is 1. The number of para-hydroxylation sites is 2. The Balaban J connectivity index is 1.67. The van der Waals surface area contributed by atoms with Crippen LogP contribution in [0.1, 0.15) is 0 Å². The van der Waals surface area contributed by atoms with Crippen molar-refractivity contribution in [2.24, 2.45) is 0 Å². The lowest BCUT2D eigenvalue weighted by atomic mass is 10.2. The summed E-state index contributed by atoms with van der Waals surface area (Å²) in [5.74, 6) is 2.14. The second kappa shape index (κ2) is 6.71. The fraction of sp³-hybridized carbons (Fsp3) is 0.0870. The first kappa shape index (κ1) is 17.2. The Morgan fingerprint density at radius 1 is 0.767 bits per heavy atom. The normalized spacial score (nSPS) is 13.1. The number of rotatable bonds is 2. The molecule has 0 fully saturated rings. The summed E-state index contributed by atoms with van der Waals surface area (Å²) in [6.45, 7) is 1.07. The molecule has 0 N–H and O–H groups in total. The van der Waals surface area contributed by atoms with Crippen molar-refractivity contribution in [1.82, 2.24) is 19.5 Å². The minimum Gasteiger partial charge on any atom is -0.486 e. The Kier molecular flexibility index (Phi) is 3.86. The molecule has 0 saturated carbocycles. The van der Waals surface area contributed by atoms with Gasteiger partial charge in [-0.1, -0.05) is 35.9 Å². The van der Waals surface area contributed by atoms with Crippen molar-refractivity contribution in [1.29, 1.82) is 0 Å². The highest BCUT2D eigenvalue weighted by Crippen LogP contribution is 2.35. The molecule has 0 atom stereocenters. The predicted octanol–water partition coefficient (Wildman–Crippen LogP) is 5.06. The summed E-state index contributed by atoms with van der Waals surface area (Å²) in [7, 11) is 0. The maximum Gasteiger partial charge on any atom is 0.199 e. The minimum atomic E-state index is 0.521. The van der Waals surface area contributed by atoms with Crippen LogP contribution in [-0.2, 0) is 0 Å². The van der Waals surface area contributed by atoms with Gasteiger partial charge < -0.3 is 9.47 Å². The van der Waals surface area contributed by atoms with E-state index in [-0.39, 0.29) is 0 Å². The van der Waals surface area contributed by atoms with E-state index in [9.17, 15) is 0 Å². The lowest BCUT2D eigenvalue weighted by molar-refractivity contribution is 0.171. The summed E-state index contributed by atoms with van der Waals surface area (Å²) in [5.41, 5.74) is 4.58. The molecule has 0 bridgehead atoms. The van der Waals surface area contributed by atoms with E-state index in [0.29, 0.717) is 41.1 Å². The van der Waals surface area contributed by atoms with Crippen LogP contribution >= 0.6 is 11.6 Å². The first-order valence-electron chi connectivity index (χ1n) is 9.57. The first-order valence-corrected chi connectivity index (χ1v) is 9.95. The third-order valence-electron chi connectivity index (χ3n) is 5.04. The molecule has 6 nitrogen and oxygen atoms in total. The van der Waals surface area contributed by atoms with Crippen molar-refractivity contribution in [2.75, 3.05) is 13.2 Å². The Morgan fingerprint density at radius 2 is 1.57 bits per heavy atom. The predicted molar refractivity (Wildman–Crippen MR) is 116 cm³/mol. The van der Waals surface area contributed by atoms with E-state index >= 15 is 0 Å². The standard InChI is InChI=1S/C23H15ClN4O2/c24-15-5-3-4-14(12-15)22-27-21-23(26-18-7-2-1-6-17(18)25-21)28(22)16-8-9-19-20(13-16)30-11-10-29-19/h1-9,12-13H,10-11H2. The summed E-state index contributed by atoms with van der Waals surface area (Å²) >= 11 is 6.27. The summed E-state index contributed by atoms with van der Waals surface area (Å²) in [6, 6.07) is 21.2. The smallest absolute Gasteiger partial charge is 0.199 e. The van der Waals surface area contributed by atoms with Gasteiger partial charge in [-0.15, -0.1) is 0 Å². The van der Waals surface area contributed by atoms with E-state index in [1.807, 2.05) is 71.3 Å². The number of nitrogens with zero attached hydrogens (tertiary/aromatic N) is 4. The zero-order chi connectivity index (χ0) is 20.1. The maximum absolute atomic E-state index is 6.27. The van der Waals surface area contributed by atoms with Gasteiger partial charge in [-0.25, -0.2) is 15.0 Å². The second-order valence-corrected chi connectivity index (χ2v) is 7.41. The van der Waals surface area contributed by atoms with Gasteiger partial charge >= 0.3 is 0 Å². The molecule has 7 heteroatoms. The van der Waals surface area contributed by atoms with E-state index in [1.165, 1.54) is 0 Å². The van der Waals surface area contributed by atoms with Crippen molar-refractivity contribution < 1.29 is 9.47 Å². The molecule has 1 aliphatic rings. The molecule has 0 amide bonds. The summed E-state index contributed by atoms with van der Waals surface area (Å²) in [4.78, 5) is 14.4. The molecular weight excluding hydrogens is 400 g/mol. The Labute approximate surface area is 176 Å². The molecule has 3 heterocycles. The fourth-order valence-corrected chi connectivity index (χ4v) is 3.88. The van der Waals surface area contributed by atoms with Crippen LogP contribution in [0.15, 0.2) is 66.7 Å². The van der Waals surface area contributed by atoms with Crippen molar-refractivity contribution in [3.8, 4) is 28.6 Å². The van der Waals surface area contributed by atoms with Gasteiger partial charge in [0.15, 0.2) is 22.8 Å². The molecule has 1 aliphatic heterocycles. The molecule has 30 heavy (non-hydrogen) atoms. The SMILES string of the molecule is Clc1cccc(-c2nc3nc4ccccc4nc3n2-c2ccc3c(c2)OCCO3)c1. The molecule has 2 aromatic heterocycles.